The number of piperazine rings is 1. The van der Waals surface area contributed by atoms with E-state index in [9.17, 15) is 13.2 Å². The maximum absolute atomic E-state index is 12.7. The molecule has 0 radical (unpaired) electrons. The normalized spacial score (nSPS) is 17.2. The third-order valence-corrected chi connectivity index (χ3v) is 7.48. The highest BCUT2D eigenvalue weighted by Crippen LogP contribution is 2.22. The number of aromatic nitrogens is 1. The van der Waals surface area contributed by atoms with Crippen LogP contribution in [0.2, 0.25) is 0 Å². The summed E-state index contributed by atoms with van der Waals surface area (Å²) in [6.45, 7) is 4.37. The average molecular weight is 434 g/mol. The summed E-state index contributed by atoms with van der Waals surface area (Å²) in [6.07, 6.45) is 2.02. The number of amides is 1. The molecule has 0 unspecified atom stereocenters. The summed E-state index contributed by atoms with van der Waals surface area (Å²) >= 11 is 0. The Hall–Kier alpha value is -2.20. The molecule has 0 spiro atoms. The number of aryl methyl sites for hydroxylation is 1. The molecule has 1 aromatic carbocycles. The van der Waals surface area contributed by atoms with Gasteiger partial charge in [-0.3, -0.25) is 9.69 Å². The van der Waals surface area contributed by atoms with E-state index in [1.807, 2.05) is 19.3 Å². The van der Waals surface area contributed by atoms with Crippen LogP contribution in [0, 0.1) is 0 Å². The minimum atomic E-state index is -3.51. The van der Waals surface area contributed by atoms with Crippen LogP contribution in [0.1, 0.15) is 22.1 Å². The molecule has 164 valence electrons. The van der Waals surface area contributed by atoms with Crippen LogP contribution in [0.3, 0.4) is 0 Å². The smallest absolute Gasteiger partial charge is 0.251 e. The monoisotopic (exact) mass is 433 g/mol. The van der Waals surface area contributed by atoms with Crippen molar-refractivity contribution in [1.82, 2.24) is 24.0 Å². The lowest BCUT2D eigenvalue weighted by molar-refractivity contribution is 0.0877. The lowest BCUT2D eigenvalue weighted by Crippen LogP contribution is -2.48. The summed E-state index contributed by atoms with van der Waals surface area (Å²) in [6, 6.07) is 10.2. The zero-order valence-corrected chi connectivity index (χ0v) is 18.9. The molecular weight excluding hydrogens is 402 g/mol. The van der Waals surface area contributed by atoms with E-state index >= 15 is 0 Å². The van der Waals surface area contributed by atoms with E-state index in [-0.39, 0.29) is 16.8 Å². The summed E-state index contributed by atoms with van der Waals surface area (Å²) in [5, 5.41) is 3.04. The fraction of sp³-hybridized carbons (Fsp3) is 0.476. The molecule has 30 heavy (non-hydrogen) atoms. The number of hydrogen-bond donors (Lipinski definition) is 1. The Morgan fingerprint density at radius 1 is 1.07 bits per heavy atom. The van der Waals surface area contributed by atoms with Gasteiger partial charge in [0.05, 0.1) is 10.9 Å². The number of nitrogens with zero attached hydrogens (tertiary/aromatic N) is 4. The topological polar surface area (TPSA) is 77.9 Å². The highest BCUT2D eigenvalue weighted by Gasteiger charge is 2.26. The van der Waals surface area contributed by atoms with E-state index in [0.29, 0.717) is 12.1 Å². The summed E-state index contributed by atoms with van der Waals surface area (Å²) in [5.41, 5.74) is 1.60. The van der Waals surface area contributed by atoms with Crippen molar-refractivity contribution in [2.45, 2.75) is 10.9 Å². The van der Waals surface area contributed by atoms with Crippen LogP contribution in [0.4, 0.5) is 0 Å². The quantitative estimate of drug-likeness (QED) is 0.705. The molecule has 0 saturated carbocycles. The molecule has 1 aliphatic rings. The summed E-state index contributed by atoms with van der Waals surface area (Å²) < 4.78 is 27.7. The standard InChI is InChI=1S/C21H31N5O3S/c1-23(2)30(28,29)18-9-7-17(8-10-18)21(27)22-16-20(19-6-5-11-25(19)4)26-14-12-24(3)13-15-26/h5-11,20H,12-16H2,1-4H3,(H,22,27)/t20-/m0/s1. The number of rotatable bonds is 7. The molecule has 1 N–H and O–H groups in total. The number of carbonyl (C=O) groups excluding carboxylic acids is 1. The summed E-state index contributed by atoms with van der Waals surface area (Å²) in [7, 11) is 3.60. The zero-order valence-electron chi connectivity index (χ0n) is 18.1. The largest absolute Gasteiger partial charge is 0.353 e. The van der Waals surface area contributed by atoms with Crippen molar-refractivity contribution in [3.05, 3.63) is 53.9 Å². The molecule has 2 aromatic rings. The molecule has 1 amide bonds. The zero-order chi connectivity index (χ0) is 21.9. The highest BCUT2D eigenvalue weighted by molar-refractivity contribution is 7.89. The van der Waals surface area contributed by atoms with Crippen molar-refractivity contribution in [1.29, 1.82) is 0 Å². The predicted octanol–water partition coefficient (Wildman–Crippen LogP) is 0.994. The molecule has 1 atom stereocenters. The summed E-state index contributed by atoms with van der Waals surface area (Å²) in [4.78, 5) is 17.6. The number of nitrogens with one attached hydrogen (secondary N) is 1. The molecule has 3 rings (SSSR count). The van der Waals surface area contributed by atoms with Crippen molar-refractivity contribution in [3.8, 4) is 0 Å². The molecule has 0 aliphatic carbocycles. The molecule has 1 saturated heterocycles. The van der Waals surface area contributed by atoms with Crippen LogP contribution in [0.5, 0.6) is 0 Å². The van der Waals surface area contributed by atoms with E-state index in [4.69, 9.17) is 0 Å². The van der Waals surface area contributed by atoms with Gasteiger partial charge in [-0.15, -0.1) is 0 Å². The Bertz CT molecular complexity index is 961. The Morgan fingerprint density at radius 2 is 1.70 bits per heavy atom. The maximum atomic E-state index is 12.7. The van der Waals surface area contributed by atoms with Gasteiger partial charge >= 0.3 is 0 Å². The number of likely N-dealkylation sites (N-methyl/N-ethyl adjacent to an activating group) is 1. The van der Waals surface area contributed by atoms with Crippen LogP contribution in [-0.2, 0) is 17.1 Å². The first-order valence-corrected chi connectivity index (χ1v) is 11.5. The average Bonchev–Trinajstić information content (AvgIpc) is 3.15. The molecule has 2 heterocycles. The first-order chi connectivity index (χ1) is 14.2. The van der Waals surface area contributed by atoms with Gasteiger partial charge in [-0.05, 0) is 43.4 Å². The van der Waals surface area contributed by atoms with Crippen LogP contribution >= 0.6 is 0 Å². The third-order valence-electron chi connectivity index (χ3n) is 5.66. The third kappa shape index (κ3) is 4.92. The number of hydrogen-bond acceptors (Lipinski definition) is 5. The number of sulfonamides is 1. The fourth-order valence-corrected chi connectivity index (χ4v) is 4.56. The van der Waals surface area contributed by atoms with Crippen molar-refractivity contribution in [3.63, 3.8) is 0 Å². The maximum Gasteiger partial charge on any atom is 0.251 e. The van der Waals surface area contributed by atoms with Gasteiger partial charge < -0.3 is 14.8 Å². The molecule has 8 nitrogen and oxygen atoms in total. The van der Waals surface area contributed by atoms with Gasteiger partial charge in [-0.25, -0.2) is 12.7 Å². The number of benzene rings is 1. The second-order valence-corrected chi connectivity index (χ2v) is 10.1. The minimum Gasteiger partial charge on any atom is -0.353 e. The predicted molar refractivity (Wildman–Crippen MR) is 117 cm³/mol. The van der Waals surface area contributed by atoms with E-state index in [1.165, 1.54) is 26.2 Å². The van der Waals surface area contributed by atoms with Crippen LogP contribution in [0.15, 0.2) is 47.5 Å². The van der Waals surface area contributed by atoms with Crippen molar-refractivity contribution < 1.29 is 13.2 Å². The lowest BCUT2D eigenvalue weighted by Gasteiger charge is -2.38. The van der Waals surface area contributed by atoms with E-state index in [2.05, 4.69) is 32.8 Å². The van der Waals surface area contributed by atoms with E-state index in [0.717, 1.165) is 36.2 Å². The van der Waals surface area contributed by atoms with Gasteiger partial charge in [-0.2, -0.15) is 0 Å². The van der Waals surface area contributed by atoms with Crippen LogP contribution in [0.25, 0.3) is 0 Å². The fourth-order valence-electron chi connectivity index (χ4n) is 3.66. The second-order valence-electron chi connectivity index (χ2n) is 7.92. The highest BCUT2D eigenvalue weighted by atomic mass is 32.2. The summed E-state index contributed by atoms with van der Waals surface area (Å²) in [5.74, 6) is -0.211. The van der Waals surface area contributed by atoms with Gasteiger partial charge in [0.15, 0.2) is 0 Å². The minimum absolute atomic E-state index is 0.0797. The molecule has 9 heteroatoms. The molecule has 1 aliphatic heterocycles. The van der Waals surface area contributed by atoms with E-state index < -0.39 is 10.0 Å². The first kappa shape index (κ1) is 22.5. The van der Waals surface area contributed by atoms with Gasteiger partial charge in [0, 0.05) is 71.3 Å². The Kier molecular flexibility index (Phi) is 6.97. The van der Waals surface area contributed by atoms with Gasteiger partial charge in [-0.1, -0.05) is 0 Å². The van der Waals surface area contributed by atoms with Crippen LogP contribution in [-0.4, -0.2) is 86.9 Å². The molecule has 1 fully saturated rings. The lowest BCUT2D eigenvalue weighted by atomic mass is 10.1. The van der Waals surface area contributed by atoms with E-state index in [1.54, 1.807) is 12.1 Å². The number of carbonyl (C=O) groups is 1. The van der Waals surface area contributed by atoms with Gasteiger partial charge in [0.25, 0.3) is 5.91 Å². The van der Waals surface area contributed by atoms with Gasteiger partial charge in [0.1, 0.15) is 0 Å². The van der Waals surface area contributed by atoms with Crippen molar-refractivity contribution in [2.24, 2.45) is 7.05 Å². The van der Waals surface area contributed by atoms with Gasteiger partial charge in [0.2, 0.25) is 10.0 Å². The molecule has 1 aromatic heterocycles. The SMILES string of the molecule is CN1CCN([C@@H](CNC(=O)c2ccc(S(=O)(=O)N(C)C)cc2)c2cccn2C)CC1. The van der Waals surface area contributed by atoms with Crippen LogP contribution < -0.4 is 5.32 Å². The van der Waals surface area contributed by atoms with Crippen molar-refractivity contribution in [2.75, 3.05) is 53.9 Å². The second kappa shape index (κ2) is 9.30. The Labute approximate surface area is 179 Å². The molecular formula is C21H31N5O3S. The first-order valence-electron chi connectivity index (χ1n) is 10.0. The van der Waals surface area contributed by atoms with Crippen molar-refractivity contribution >= 4 is 15.9 Å². The Balaban J connectivity index is 1.71. The molecule has 0 bridgehead atoms. The Morgan fingerprint density at radius 3 is 2.23 bits per heavy atom.